The van der Waals surface area contributed by atoms with Gasteiger partial charge in [0.1, 0.15) is 18.2 Å². The van der Waals surface area contributed by atoms with Crippen molar-refractivity contribution in [2.45, 2.75) is 58.9 Å². The van der Waals surface area contributed by atoms with Crippen LogP contribution in [0.25, 0.3) is 0 Å². The molecule has 0 bridgehead atoms. The number of nitrogen functional groups attached to an aromatic ring is 1. The van der Waals surface area contributed by atoms with Crippen LogP contribution < -0.4 is 15.8 Å². The van der Waals surface area contributed by atoms with Crippen LogP contribution in [-0.4, -0.2) is 46.3 Å². The SMILES string of the molecule is CC(=O)O.CCCc1cc(C(C)CC)c(OCCO)c(C(Nc2ccc(C(=N)N)cc2)C(=O)O)c1. The van der Waals surface area contributed by atoms with E-state index >= 15 is 0 Å². The van der Waals surface area contributed by atoms with Crippen LogP contribution >= 0.6 is 0 Å². The first-order valence-corrected chi connectivity index (χ1v) is 11.6. The molecule has 192 valence electrons. The summed E-state index contributed by atoms with van der Waals surface area (Å²) in [6, 6.07) is 9.68. The van der Waals surface area contributed by atoms with Crippen LogP contribution in [0.1, 0.15) is 74.8 Å². The molecule has 0 radical (unpaired) electrons. The highest BCUT2D eigenvalue weighted by Crippen LogP contribution is 2.38. The van der Waals surface area contributed by atoms with Crippen molar-refractivity contribution in [3.05, 3.63) is 58.7 Å². The first-order valence-electron chi connectivity index (χ1n) is 11.6. The zero-order chi connectivity index (χ0) is 26.5. The Morgan fingerprint density at radius 2 is 1.69 bits per heavy atom. The number of aryl methyl sites for hydroxylation is 1. The average molecular weight is 488 g/mol. The number of hydrogen-bond donors (Lipinski definition) is 6. The van der Waals surface area contributed by atoms with E-state index in [1.807, 2.05) is 6.07 Å². The van der Waals surface area contributed by atoms with E-state index in [0.29, 0.717) is 22.6 Å². The van der Waals surface area contributed by atoms with Crippen LogP contribution in [0.2, 0.25) is 0 Å². The third kappa shape index (κ3) is 9.29. The van der Waals surface area contributed by atoms with Gasteiger partial charge in [-0.15, -0.1) is 0 Å². The number of benzene rings is 2. The average Bonchev–Trinajstić information content (AvgIpc) is 2.80. The molecule has 2 atom stereocenters. The summed E-state index contributed by atoms with van der Waals surface area (Å²) >= 11 is 0. The van der Waals surface area contributed by atoms with Gasteiger partial charge in [0.05, 0.1) is 6.61 Å². The Morgan fingerprint density at radius 1 is 1.11 bits per heavy atom. The van der Waals surface area contributed by atoms with Gasteiger partial charge in [0.15, 0.2) is 6.04 Å². The molecule has 0 amide bonds. The van der Waals surface area contributed by atoms with Crippen molar-refractivity contribution in [3.8, 4) is 5.75 Å². The maximum atomic E-state index is 12.3. The number of anilines is 1. The van der Waals surface area contributed by atoms with Crippen molar-refractivity contribution in [1.82, 2.24) is 0 Å². The molecule has 0 aliphatic heterocycles. The summed E-state index contributed by atoms with van der Waals surface area (Å²) in [4.78, 5) is 21.3. The standard InChI is InChI=1S/C24H33N3O4.C2H4O2/c1-4-6-16-13-19(15(3)5-2)22(31-12-11-28)20(14-16)21(24(29)30)27-18-9-7-17(8-10-18)23(25)26;1-2(3)4/h7-10,13-15,21,27-28H,4-6,11-12H2,1-3H3,(H3,25,26)(H,29,30);1H3,(H,3,4). The van der Waals surface area contributed by atoms with E-state index in [9.17, 15) is 15.0 Å². The third-order valence-corrected chi connectivity index (χ3v) is 5.29. The van der Waals surface area contributed by atoms with Crippen molar-refractivity contribution in [1.29, 1.82) is 5.41 Å². The molecule has 0 saturated heterocycles. The zero-order valence-corrected chi connectivity index (χ0v) is 20.8. The second kappa shape index (κ2) is 14.6. The van der Waals surface area contributed by atoms with Gasteiger partial charge in [0.2, 0.25) is 0 Å². The molecule has 2 aromatic carbocycles. The summed E-state index contributed by atoms with van der Waals surface area (Å²) in [5.74, 6) is -1.23. The fourth-order valence-corrected chi connectivity index (χ4v) is 3.47. The van der Waals surface area contributed by atoms with Gasteiger partial charge in [-0.3, -0.25) is 10.2 Å². The Morgan fingerprint density at radius 3 is 2.14 bits per heavy atom. The largest absolute Gasteiger partial charge is 0.491 e. The van der Waals surface area contributed by atoms with Crippen LogP contribution in [-0.2, 0) is 16.0 Å². The Bertz CT molecular complexity index is 987. The van der Waals surface area contributed by atoms with E-state index in [-0.39, 0.29) is 25.0 Å². The predicted molar refractivity (Wildman–Crippen MR) is 136 cm³/mol. The molecule has 35 heavy (non-hydrogen) atoms. The van der Waals surface area contributed by atoms with Crippen molar-refractivity contribution in [2.24, 2.45) is 5.73 Å². The molecule has 2 rings (SSSR count). The first-order chi connectivity index (χ1) is 16.5. The van der Waals surface area contributed by atoms with Crippen LogP contribution in [0.5, 0.6) is 5.75 Å². The number of carboxylic acids is 2. The fourth-order valence-electron chi connectivity index (χ4n) is 3.47. The number of ether oxygens (including phenoxy) is 1. The van der Waals surface area contributed by atoms with Crippen molar-refractivity contribution >= 4 is 23.5 Å². The van der Waals surface area contributed by atoms with Crippen LogP contribution in [0, 0.1) is 5.41 Å². The third-order valence-electron chi connectivity index (χ3n) is 5.29. The van der Waals surface area contributed by atoms with E-state index in [1.54, 1.807) is 24.3 Å². The molecule has 0 saturated carbocycles. The number of aliphatic carboxylic acids is 2. The number of amidine groups is 1. The number of nitrogens with one attached hydrogen (secondary N) is 2. The molecule has 7 N–H and O–H groups in total. The Labute approximate surface area is 206 Å². The minimum absolute atomic E-state index is 0.0495. The maximum Gasteiger partial charge on any atom is 0.330 e. The fraction of sp³-hybridized carbons (Fsp3) is 0.423. The molecule has 0 aliphatic carbocycles. The summed E-state index contributed by atoms with van der Waals surface area (Å²) < 4.78 is 5.89. The Balaban J connectivity index is 0.00000142. The molecular formula is C26H37N3O6. The molecule has 2 aromatic rings. The van der Waals surface area contributed by atoms with Crippen LogP contribution in [0.3, 0.4) is 0 Å². The quantitative estimate of drug-likeness (QED) is 0.192. The number of carboxylic acid groups (broad SMARTS) is 2. The lowest BCUT2D eigenvalue weighted by Crippen LogP contribution is -2.23. The molecule has 9 nitrogen and oxygen atoms in total. The second-order valence-electron chi connectivity index (χ2n) is 8.16. The van der Waals surface area contributed by atoms with Gasteiger partial charge in [0, 0.05) is 23.7 Å². The van der Waals surface area contributed by atoms with Crippen molar-refractivity contribution < 1.29 is 29.6 Å². The maximum absolute atomic E-state index is 12.3. The molecule has 0 spiro atoms. The molecule has 0 aliphatic rings. The summed E-state index contributed by atoms with van der Waals surface area (Å²) in [6.07, 6.45) is 2.65. The van der Waals surface area contributed by atoms with Gasteiger partial charge in [-0.25, -0.2) is 4.79 Å². The lowest BCUT2D eigenvalue weighted by atomic mass is 9.89. The van der Waals surface area contributed by atoms with Gasteiger partial charge >= 0.3 is 5.97 Å². The van der Waals surface area contributed by atoms with E-state index in [1.165, 1.54) is 0 Å². The normalized spacial score (nSPS) is 12.0. The number of aliphatic hydroxyl groups excluding tert-OH is 1. The Kier molecular flexibility index (Phi) is 12.3. The summed E-state index contributed by atoms with van der Waals surface area (Å²) in [6.45, 7) is 7.26. The monoisotopic (exact) mass is 487 g/mol. The zero-order valence-electron chi connectivity index (χ0n) is 20.8. The van der Waals surface area contributed by atoms with Crippen LogP contribution in [0.15, 0.2) is 36.4 Å². The summed E-state index contributed by atoms with van der Waals surface area (Å²) in [5, 5.41) is 37.4. The molecule has 0 aromatic heterocycles. The lowest BCUT2D eigenvalue weighted by molar-refractivity contribution is -0.138. The highest BCUT2D eigenvalue weighted by atomic mass is 16.5. The summed E-state index contributed by atoms with van der Waals surface area (Å²) in [7, 11) is 0. The van der Waals surface area contributed by atoms with Gasteiger partial charge in [-0.2, -0.15) is 0 Å². The minimum Gasteiger partial charge on any atom is -0.491 e. The number of carbonyl (C=O) groups is 2. The molecule has 0 fully saturated rings. The highest BCUT2D eigenvalue weighted by molar-refractivity contribution is 5.95. The molecule has 0 heterocycles. The van der Waals surface area contributed by atoms with Crippen molar-refractivity contribution in [2.75, 3.05) is 18.5 Å². The molecule has 9 heteroatoms. The smallest absolute Gasteiger partial charge is 0.330 e. The van der Waals surface area contributed by atoms with Gasteiger partial charge in [-0.1, -0.05) is 33.3 Å². The van der Waals surface area contributed by atoms with Gasteiger partial charge in [-0.05, 0) is 60.2 Å². The van der Waals surface area contributed by atoms with Gasteiger partial charge in [0.25, 0.3) is 5.97 Å². The topological polar surface area (TPSA) is 166 Å². The van der Waals surface area contributed by atoms with E-state index < -0.39 is 18.0 Å². The summed E-state index contributed by atoms with van der Waals surface area (Å²) in [5.41, 5.74) is 9.22. The number of hydrogen-bond acceptors (Lipinski definition) is 6. The Hall–Kier alpha value is -3.59. The van der Waals surface area contributed by atoms with E-state index in [4.69, 9.17) is 25.8 Å². The second-order valence-corrected chi connectivity index (χ2v) is 8.16. The molecular weight excluding hydrogens is 450 g/mol. The van der Waals surface area contributed by atoms with Gasteiger partial charge < -0.3 is 31.1 Å². The van der Waals surface area contributed by atoms with E-state index in [2.05, 4.69) is 32.2 Å². The van der Waals surface area contributed by atoms with Crippen LogP contribution in [0.4, 0.5) is 5.69 Å². The lowest BCUT2D eigenvalue weighted by Gasteiger charge is -2.25. The van der Waals surface area contributed by atoms with Crippen molar-refractivity contribution in [3.63, 3.8) is 0 Å². The number of nitrogens with two attached hydrogens (primary N) is 1. The highest BCUT2D eigenvalue weighted by Gasteiger charge is 2.27. The first kappa shape index (κ1) is 29.4. The molecule has 2 unspecified atom stereocenters. The van der Waals surface area contributed by atoms with E-state index in [0.717, 1.165) is 37.3 Å². The predicted octanol–water partition coefficient (Wildman–Crippen LogP) is 4.14. The number of aliphatic hydroxyl groups is 1. The number of rotatable bonds is 12. The minimum atomic E-state index is -1.04.